The number of carbonyl (C=O) groups excluding carboxylic acids is 1. The number of fused-ring (bicyclic) bond motifs is 1. The van der Waals surface area contributed by atoms with Gasteiger partial charge >= 0.3 is 0 Å². The fraction of sp³-hybridized carbons (Fsp3) is 0.562. The van der Waals surface area contributed by atoms with Crippen LogP contribution in [-0.4, -0.2) is 51.9 Å². The Balaban J connectivity index is 1.91. The number of piperidine rings is 1. The molecule has 7 heteroatoms. The van der Waals surface area contributed by atoms with Gasteiger partial charge in [-0.3, -0.25) is 4.79 Å². The van der Waals surface area contributed by atoms with Gasteiger partial charge in [0.05, 0.1) is 10.9 Å². The third-order valence-electron chi connectivity index (χ3n) is 4.61. The first kappa shape index (κ1) is 16.4. The lowest BCUT2D eigenvalue weighted by molar-refractivity contribution is -0.121. The molecule has 1 N–H and O–H groups in total. The van der Waals surface area contributed by atoms with E-state index in [4.69, 9.17) is 0 Å². The van der Waals surface area contributed by atoms with Crippen LogP contribution >= 0.6 is 0 Å². The molecule has 0 spiro atoms. The number of benzene rings is 1. The van der Waals surface area contributed by atoms with E-state index in [1.54, 1.807) is 17.0 Å². The topological polar surface area (TPSA) is 69.7 Å². The molecule has 0 saturated carbocycles. The molecule has 3 rings (SSSR count). The van der Waals surface area contributed by atoms with Crippen molar-refractivity contribution in [2.45, 2.75) is 36.6 Å². The van der Waals surface area contributed by atoms with Gasteiger partial charge in [-0.2, -0.15) is 0 Å². The van der Waals surface area contributed by atoms with Crippen LogP contribution in [-0.2, 0) is 21.2 Å². The Labute approximate surface area is 137 Å². The first-order chi connectivity index (χ1) is 10.9. The number of rotatable bonds is 3. The third-order valence-corrected chi connectivity index (χ3v) is 6.42. The molecule has 0 aromatic heterocycles. The molecule has 1 fully saturated rings. The van der Waals surface area contributed by atoms with Crippen LogP contribution in [0.25, 0.3) is 0 Å². The zero-order valence-corrected chi connectivity index (χ0v) is 14.4. The molecule has 126 valence electrons. The van der Waals surface area contributed by atoms with Gasteiger partial charge in [-0.1, -0.05) is 12.5 Å². The van der Waals surface area contributed by atoms with E-state index in [9.17, 15) is 13.2 Å². The molecule has 6 nitrogen and oxygen atoms in total. The normalized spacial score (nSPS) is 21.5. The smallest absolute Gasteiger partial charge is 0.244 e. The minimum absolute atomic E-state index is 0.0582. The van der Waals surface area contributed by atoms with Crippen LogP contribution in [0.2, 0.25) is 0 Å². The summed E-state index contributed by atoms with van der Waals surface area (Å²) in [5.41, 5.74) is 1.78. The predicted molar refractivity (Wildman–Crippen MR) is 89.0 cm³/mol. The highest BCUT2D eigenvalue weighted by molar-refractivity contribution is 7.89. The molecular formula is C16H23N3O3S. The number of amides is 1. The standard InChI is InChI=1S/C16H23N3O3S/c1-18(2)23(21,22)13-7-6-12-8-10-19(15(12)11-13)16(20)14-5-3-4-9-17-14/h6-7,11,14,17H,3-5,8-10H2,1-2H3. The molecule has 0 bridgehead atoms. The van der Waals surface area contributed by atoms with Gasteiger partial charge < -0.3 is 10.2 Å². The maximum absolute atomic E-state index is 12.8. The van der Waals surface area contributed by atoms with Crippen molar-refractivity contribution < 1.29 is 13.2 Å². The first-order valence-corrected chi connectivity index (χ1v) is 9.45. The zero-order valence-electron chi connectivity index (χ0n) is 13.6. The second kappa shape index (κ2) is 6.22. The molecule has 0 aliphatic carbocycles. The van der Waals surface area contributed by atoms with Gasteiger partial charge in [-0.05, 0) is 43.5 Å². The molecule has 23 heavy (non-hydrogen) atoms. The lowest BCUT2D eigenvalue weighted by Gasteiger charge is -2.28. The van der Waals surface area contributed by atoms with E-state index in [1.165, 1.54) is 18.4 Å². The van der Waals surface area contributed by atoms with E-state index in [-0.39, 0.29) is 16.8 Å². The minimum Gasteiger partial charge on any atom is -0.310 e. The molecule has 1 saturated heterocycles. The van der Waals surface area contributed by atoms with Crippen molar-refractivity contribution in [2.24, 2.45) is 0 Å². The quantitative estimate of drug-likeness (QED) is 0.892. The lowest BCUT2D eigenvalue weighted by Crippen LogP contribution is -2.48. The summed E-state index contributed by atoms with van der Waals surface area (Å²) in [5, 5.41) is 3.27. The Morgan fingerprint density at radius 3 is 2.74 bits per heavy atom. The highest BCUT2D eigenvalue weighted by Crippen LogP contribution is 2.32. The van der Waals surface area contributed by atoms with Gasteiger partial charge in [-0.25, -0.2) is 12.7 Å². The Morgan fingerprint density at radius 2 is 2.09 bits per heavy atom. The number of nitrogens with one attached hydrogen (secondary N) is 1. The second-order valence-electron chi connectivity index (χ2n) is 6.32. The first-order valence-electron chi connectivity index (χ1n) is 8.01. The SMILES string of the molecule is CN(C)S(=O)(=O)c1ccc2c(c1)N(C(=O)C1CCCCN1)CC2. The van der Waals surface area contributed by atoms with E-state index in [1.807, 2.05) is 6.07 Å². The summed E-state index contributed by atoms with van der Waals surface area (Å²) in [5.74, 6) is 0.0582. The summed E-state index contributed by atoms with van der Waals surface area (Å²) in [6.45, 7) is 1.49. The number of hydrogen-bond acceptors (Lipinski definition) is 4. The predicted octanol–water partition coefficient (Wildman–Crippen LogP) is 0.968. The molecule has 1 unspecified atom stereocenters. The van der Waals surface area contributed by atoms with Crippen LogP contribution in [0.4, 0.5) is 5.69 Å². The summed E-state index contributed by atoms with van der Waals surface area (Å²) in [4.78, 5) is 14.7. The van der Waals surface area contributed by atoms with Crippen LogP contribution in [0.5, 0.6) is 0 Å². The molecule has 1 aromatic carbocycles. The Bertz CT molecular complexity index is 709. The largest absolute Gasteiger partial charge is 0.310 e. The van der Waals surface area contributed by atoms with Crippen molar-refractivity contribution in [3.05, 3.63) is 23.8 Å². The molecular weight excluding hydrogens is 314 g/mol. The zero-order chi connectivity index (χ0) is 16.6. The average molecular weight is 337 g/mol. The maximum Gasteiger partial charge on any atom is 0.244 e. The monoisotopic (exact) mass is 337 g/mol. The van der Waals surface area contributed by atoms with E-state index in [2.05, 4.69) is 5.32 Å². The van der Waals surface area contributed by atoms with Gasteiger partial charge in [-0.15, -0.1) is 0 Å². The summed E-state index contributed by atoms with van der Waals surface area (Å²) >= 11 is 0. The molecule has 2 heterocycles. The number of anilines is 1. The minimum atomic E-state index is -3.49. The molecule has 0 radical (unpaired) electrons. The summed E-state index contributed by atoms with van der Waals surface area (Å²) in [7, 11) is -0.470. The second-order valence-corrected chi connectivity index (χ2v) is 8.47. The molecule has 1 amide bonds. The van der Waals surface area contributed by atoms with Gasteiger partial charge in [0.15, 0.2) is 0 Å². The average Bonchev–Trinajstić information content (AvgIpc) is 2.97. The van der Waals surface area contributed by atoms with Crippen LogP contribution in [0, 0.1) is 0 Å². The van der Waals surface area contributed by atoms with Crippen molar-refractivity contribution in [1.29, 1.82) is 0 Å². The van der Waals surface area contributed by atoms with Crippen LogP contribution in [0.15, 0.2) is 23.1 Å². The van der Waals surface area contributed by atoms with E-state index >= 15 is 0 Å². The van der Waals surface area contributed by atoms with Crippen LogP contribution in [0.3, 0.4) is 0 Å². The molecule has 1 atom stereocenters. The summed E-state index contributed by atoms with van der Waals surface area (Å²) in [6.07, 6.45) is 3.78. The number of sulfonamides is 1. The Kier molecular flexibility index (Phi) is 4.44. The van der Waals surface area contributed by atoms with Gasteiger partial charge in [0.25, 0.3) is 0 Å². The van der Waals surface area contributed by atoms with Gasteiger partial charge in [0.2, 0.25) is 15.9 Å². The summed E-state index contributed by atoms with van der Waals surface area (Å²) in [6, 6.07) is 4.94. The molecule has 2 aliphatic rings. The van der Waals surface area contributed by atoms with Gasteiger partial charge in [0.1, 0.15) is 0 Å². The van der Waals surface area contributed by atoms with E-state index < -0.39 is 10.0 Å². The van der Waals surface area contributed by atoms with Crippen LogP contribution < -0.4 is 10.2 Å². The van der Waals surface area contributed by atoms with E-state index in [0.717, 1.165) is 43.5 Å². The van der Waals surface area contributed by atoms with Crippen molar-refractivity contribution in [3.63, 3.8) is 0 Å². The molecule has 2 aliphatic heterocycles. The van der Waals surface area contributed by atoms with Crippen molar-refractivity contribution in [3.8, 4) is 0 Å². The third kappa shape index (κ3) is 3.00. The highest BCUT2D eigenvalue weighted by atomic mass is 32.2. The number of nitrogens with zero attached hydrogens (tertiary/aromatic N) is 2. The van der Waals surface area contributed by atoms with Crippen molar-refractivity contribution >= 4 is 21.6 Å². The number of hydrogen-bond donors (Lipinski definition) is 1. The Morgan fingerprint density at radius 1 is 1.30 bits per heavy atom. The van der Waals surface area contributed by atoms with Gasteiger partial charge in [0, 0.05) is 26.3 Å². The Hall–Kier alpha value is -1.44. The van der Waals surface area contributed by atoms with Crippen molar-refractivity contribution in [2.75, 3.05) is 32.1 Å². The van der Waals surface area contributed by atoms with Crippen LogP contribution in [0.1, 0.15) is 24.8 Å². The molecule has 1 aromatic rings. The van der Waals surface area contributed by atoms with Crippen molar-refractivity contribution in [1.82, 2.24) is 9.62 Å². The fourth-order valence-electron chi connectivity index (χ4n) is 3.21. The van der Waals surface area contributed by atoms with E-state index in [0.29, 0.717) is 6.54 Å². The summed E-state index contributed by atoms with van der Waals surface area (Å²) < 4.78 is 25.8. The highest BCUT2D eigenvalue weighted by Gasteiger charge is 2.32. The number of carbonyl (C=O) groups is 1. The lowest BCUT2D eigenvalue weighted by atomic mass is 10.0. The fourth-order valence-corrected chi connectivity index (χ4v) is 4.13. The maximum atomic E-state index is 12.8.